The smallest absolute Gasteiger partial charge is 0.143 e. The van der Waals surface area contributed by atoms with Gasteiger partial charge in [0.1, 0.15) is 12.0 Å². The molecule has 0 atom stereocenters. The summed E-state index contributed by atoms with van der Waals surface area (Å²) in [7, 11) is 1.63. The molecule has 2 aromatic rings. The van der Waals surface area contributed by atoms with Crippen LogP contribution in [0, 0.1) is 0 Å². The zero-order chi connectivity index (χ0) is 12.8. The maximum Gasteiger partial charge on any atom is 0.143 e. The monoisotopic (exact) mass is 238 g/mol. The highest BCUT2D eigenvalue weighted by Gasteiger charge is 2.09. The lowest BCUT2D eigenvalue weighted by molar-refractivity contribution is -0.104. The van der Waals surface area contributed by atoms with Crippen molar-refractivity contribution in [2.45, 2.75) is 0 Å². The Morgan fingerprint density at radius 1 is 1.00 bits per heavy atom. The number of carbonyl (C=O) groups is 1. The molecule has 0 aliphatic rings. The Bertz CT molecular complexity index is 556. The van der Waals surface area contributed by atoms with Crippen molar-refractivity contribution in [2.24, 2.45) is 0 Å². The van der Waals surface area contributed by atoms with E-state index < -0.39 is 0 Å². The van der Waals surface area contributed by atoms with E-state index in [1.165, 1.54) is 0 Å². The summed E-state index contributed by atoms with van der Waals surface area (Å²) in [4.78, 5) is 10.8. The topological polar surface area (TPSA) is 26.3 Å². The van der Waals surface area contributed by atoms with Crippen LogP contribution in [0.2, 0.25) is 0 Å². The maximum absolute atomic E-state index is 10.8. The van der Waals surface area contributed by atoms with Crippen molar-refractivity contribution >= 4 is 11.9 Å². The molecule has 2 heteroatoms. The standard InChI is InChI=1S/C16H14O2/c1-18-16-10-6-5-9-15(16)14(11-12-17)13-7-3-2-4-8-13/h2-12H,1H3/b14-11-. The van der Waals surface area contributed by atoms with Crippen molar-refractivity contribution in [2.75, 3.05) is 7.11 Å². The van der Waals surface area contributed by atoms with Crippen LogP contribution < -0.4 is 4.74 Å². The van der Waals surface area contributed by atoms with Crippen LogP contribution in [-0.4, -0.2) is 13.4 Å². The molecule has 90 valence electrons. The molecule has 0 fully saturated rings. The largest absolute Gasteiger partial charge is 0.496 e. The Balaban J connectivity index is 2.56. The number of rotatable bonds is 4. The van der Waals surface area contributed by atoms with E-state index >= 15 is 0 Å². The first kappa shape index (κ1) is 12.1. The highest BCUT2D eigenvalue weighted by atomic mass is 16.5. The molecule has 0 aromatic heterocycles. The van der Waals surface area contributed by atoms with Gasteiger partial charge in [0.2, 0.25) is 0 Å². The van der Waals surface area contributed by atoms with Gasteiger partial charge in [0.05, 0.1) is 7.11 Å². The van der Waals surface area contributed by atoms with Gasteiger partial charge in [-0.1, -0.05) is 48.5 Å². The summed E-state index contributed by atoms with van der Waals surface area (Å²) in [5.41, 5.74) is 2.77. The number of para-hydroxylation sites is 1. The molecule has 0 spiro atoms. The van der Waals surface area contributed by atoms with Crippen LogP contribution in [0.5, 0.6) is 5.75 Å². The van der Waals surface area contributed by atoms with Crippen LogP contribution in [0.1, 0.15) is 11.1 Å². The minimum Gasteiger partial charge on any atom is -0.496 e. The van der Waals surface area contributed by atoms with Crippen molar-refractivity contribution in [3.8, 4) is 5.75 Å². The number of hydrogen-bond acceptors (Lipinski definition) is 2. The van der Waals surface area contributed by atoms with Crippen molar-refractivity contribution in [3.05, 3.63) is 71.8 Å². The van der Waals surface area contributed by atoms with Crippen LogP contribution >= 0.6 is 0 Å². The Hall–Kier alpha value is -2.35. The molecule has 0 aliphatic carbocycles. The van der Waals surface area contributed by atoms with Gasteiger partial charge in [0.15, 0.2) is 0 Å². The molecule has 0 radical (unpaired) electrons. The highest BCUT2D eigenvalue weighted by molar-refractivity contribution is 5.91. The molecule has 0 aliphatic heterocycles. The number of hydrogen-bond donors (Lipinski definition) is 0. The molecule has 2 aromatic carbocycles. The second kappa shape index (κ2) is 5.82. The van der Waals surface area contributed by atoms with Gasteiger partial charge in [-0.05, 0) is 23.3 Å². The van der Waals surface area contributed by atoms with E-state index in [1.54, 1.807) is 13.2 Å². The molecule has 0 bridgehead atoms. The molecule has 0 amide bonds. The molecule has 0 saturated carbocycles. The Kier molecular flexibility index (Phi) is 3.92. The second-order valence-corrected chi connectivity index (χ2v) is 3.78. The van der Waals surface area contributed by atoms with E-state index in [-0.39, 0.29) is 0 Å². The zero-order valence-electron chi connectivity index (χ0n) is 10.2. The van der Waals surface area contributed by atoms with Gasteiger partial charge in [-0.3, -0.25) is 4.79 Å². The number of benzene rings is 2. The third kappa shape index (κ3) is 2.48. The summed E-state index contributed by atoms with van der Waals surface area (Å²) in [6.07, 6.45) is 2.36. The first-order chi connectivity index (χ1) is 8.86. The summed E-state index contributed by atoms with van der Waals surface area (Å²) in [6.45, 7) is 0. The summed E-state index contributed by atoms with van der Waals surface area (Å²) in [6, 6.07) is 17.5. The van der Waals surface area contributed by atoms with Crippen molar-refractivity contribution in [1.29, 1.82) is 0 Å². The third-order valence-corrected chi connectivity index (χ3v) is 2.72. The van der Waals surface area contributed by atoms with Crippen LogP contribution in [-0.2, 0) is 4.79 Å². The van der Waals surface area contributed by atoms with Gasteiger partial charge >= 0.3 is 0 Å². The second-order valence-electron chi connectivity index (χ2n) is 3.78. The lowest BCUT2D eigenvalue weighted by atomic mass is 9.97. The maximum atomic E-state index is 10.8. The molecule has 0 saturated heterocycles. The number of carbonyl (C=O) groups excluding carboxylic acids is 1. The molecular formula is C16H14O2. The lowest BCUT2D eigenvalue weighted by Gasteiger charge is -2.11. The molecule has 0 N–H and O–H groups in total. The molecule has 0 heterocycles. The third-order valence-electron chi connectivity index (χ3n) is 2.72. The van der Waals surface area contributed by atoms with Gasteiger partial charge in [0, 0.05) is 5.56 Å². The van der Waals surface area contributed by atoms with Gasteiger partial charge < -0.3 is 4.74 Å². The molecule has 2 nitrogen and oxygen atoms in total. The molecular weight excluding hydrogens is 224 g/mol. The fraction of sp³-hybridized carbons (Fsp3) is 0.0625. The molecule has 18 heavy (non-hydrogen) atoms. The van der Waals surface area contributed by atoms with Crippen molar-refractivity contribution < 1.29 is 9.53 Å². The first-order valence-corrected chi connectivity index (χ1v) is 5.71. The predicted octanol–water partition coefficient (Wildman–Crippen LogP) is 3.33. The van der Waals surface area contributed by atoms with E-state index in [0.29, 0.717) is 0 Å². The van der Waals surface area contributed by atoms with Gasteiger partial charge in [-0.15, -0.1) is 0 Å². The first-order valence-electron chi connectivity index (χ1n) is 5.71. The minimum atomic E-state index is 0.759. The number of aldehydes is 1. The summed E-state index contributed by atoms with van der Waals surface area (Å²) >= 11 is 0. The van der Waals surface area contributed by atoms with Gasteiger partial charge in [-0.2, -0.15) is 0 Å². The molecule has 2 rings (SSSR count). The fourth-order valence-corrected chi connectivity index (χ4v) is 1.89. The quantitative estimate of drug-likeness (QED) is 0.603. The number of methoxy groups -OCH3 is 1. The van der Waals surface area contributed by atoms with Crippen molar-refractivity contribution in [1.82, 2.24) is 0 Å². The van der Waals surface area contributed by atoms with E-state index in [0.717, 1.165) is 28.7 Å². The Morgan fingerprint density at radius 2 is 1.67 bits per heavy atom. The molecule has 0 unspecified atom stereocenters. The summed E-state index contributed by atoms with van der Waals surface area (Å²) in [5.74, 6) is 0.759. The van der Waals surface area contributed by atoms with Crippen LogP contribution in [0.4, 0.5) is 0 Å². The van der Waals surface area contributed by atoms with Crippen LogP contribution in [0.25, 0.3) is 5.57 Å². The average molecular weight is 238 g/mol. The Morgan fingerprint density at radius 3 is 2.33 bits per heavy atom. The number of ether oxygens (including phenoxy) is 1. The van der Waals surface area contributed by atoms with E-state index in [4.69, 9.17) is 4.74 Å². The lowest BCUT2D eigenvalue weighted by Crippen LogP contribution is -1.93. The van der Waals surface area contributed by atoms with E-state index in [2.05, 4.69) is 0 Å². The van der Waals surface area contributed by atoms with E-state index in [1.807, 2.05) is 54.6 Å². The average Bonchev–Trinajstić information content (AvgIpc) is 2.46. The van der Waals surface area contributed by atoms with Gasteiger partial charge in [0.25, 0.3) is 0 Å². The summed E-state index contributed by atoms with van der Waals surface area (Å²) in [5, 5.41) is 0. The van der Waals surface area contributed by atoms with Crippen LogP contribution in [0.3, 0.4) is 0 Å². The fourth-order valence-electron chi connectivity index (χ4n) is 1.89. The Labute approximate surface area is 107 Å². The predicted molar refractivity (Wildman–Crippen MR) is 72.6 cm³/mol. The number of allylic oxidation sites excluding steroid dienone is 1. The van der Waals surface area contributed by atoms with E-state index in [9.17, 15) is 4.79 Å². The van der Waals surface area contributed by atoms with Crippen LogP contribution in [0.15, 0.2) is 60.7 Å². The summed E-state index contributed by atoms with van der Waals surface area (Å²) < 4.78 is 5.34. The highest BCUT2D eigenvalue weighted by Crippen LogP contribution is 2.30. The normalized spacial score (nSPS) is 11.1. The van der Waals surface area contributed by atoms with Gasteiger partial charge in [-0.25, -0.2) is 0 Å². The zero-order valence-corrected chi connectivity index (χ0v) is 10.2. The van der Waals surface area contributed by atoms with Crippen molar-refractivity contribution in [3.63, 3.8) is 0 Å². The minimum absolute atomic E-state index is 0.759. The SMILES string of the molecule is COc1ccccc1/C(=C\C=O)c1ccccc1.